The van der Waals surface area contributed by atoms with Gasteiger partial charge in [0.15, 0.2) is 0 Å². The molecule has 0 fully saturated rings. The number of hydrogen-bond acceptors (Lipinski definition) is 2. The number of anilines is 1. The predicted molar refractivity (Wildman–Crippen MR) is 81.9 cm³/mol. The molecular weight excluding hydrogens is 358 g/mol. The monoisotopic (exact) mass is 371 g/mol. The zero-order chi connectivity index (χ0) is 13.0. The van der Waals surface area contributed by atoms with Crippen LogP contribution in [0.1, 0.15) is 12.0 Å². The molecule has 0 aliphatic rings. The highest BCUT2D eigenvalue weighted by atomic mass is 79.9. The van der Waals surface area contributed by atoms with Gasteiger partial charge in [-0.2, -0.15) is 0 Å². The lowest BCUT2D eigenvalue weighted by atomic mass is 10.2. The first-order valence-electron chi connectivity index (χ1n) is 5.82. The molecule has 1 N–H and O–H groups in total. The van der Waals surface area contributed by atoms with Gasteiger partial charge in [0.25, 0.3) is 0 Å². The van der Waals surface area contributed by atoms with E-state index in [9.17, 15) is 0 Å². The van der Waals surface area contributed by atoms with E-state index in [4.69, 9.17) is 0 Å². The summed E-state index contributed by atoms with van der Waals surface area (Å²) in [5.74, 6) is 0. The van der Waals surface area contributed by atoms with E-state index in [0.29, 0.717) is 0 Å². The molecule has 0 aliphatic heterocycles. The minimum Gasteiger partial charge on any atom is -0.383 e. The maximum atomic E-state index is 4.02. The molecule has 0 amide bonds. The molecule has 1 aromatic heterocycles. The van der Waals surface area contributed by atoms with Crippen LogP contribution in [0.3, 0.4) is 0 Å². The van der Waals surface area contributed by atoms with Crippen molar-refractivity contribution in [2.75, 3.05) is 11.9 Å². The largest absolute Gasteiger partial charge is 0.383 e. The summed E-state index contributed by atoms with van der Waals surface area (Å²) < 4.78 is 4.27. The van der Waals surface area contributed by atoms with Gasteiger partial charge >= 0.3 is 0 Å². The van der Waals surface area contributed by atoms with Crippen LogP contribution in [-0.4, -0.2) is 16.1 Å². The molecule has 5 heteroatoms. The summed E-state index contributed by atoms with van der Waals surface area (Å²) in [5, 5.41) is 3.44. The molecule has 0 atom stereocenters. The summed E-state index contributed by atoms with van der Waals surface area (Å²) in [5.41, 5.74) is 2.35. The molecule has 0 bridgehead atoms. The average molecular weight is 373 g/mol. The highest BCUT2D eigenvalue weighted by molar-refractivity contribution is 9.11. The van der Waals surface area contributed by atoms with Gasteiger partial charge < -0.3 is 9.88 Å². The summed E-state index contributed by atoms with van der Waals surface area (Å²) in [7, 11) is 0. The van der Waals surface area contributed by atoms with Gasteiger partial charge in [-0.3, -0.25) is 0 Å². The fourth-order valence-electron chi connectivity index (χ4n) is 1.76. The van der Waals surface area contributed by atoms with Crippen molar-refractivity contribution in [2.24, 2.45) is 0 Å². The molecule has 18 heavy (non-hydrogen) atoms. The van der Waals surface area contributed by atoms with E-state index >= 15 is 0 Å². The van der Waals surface area contributed by atoms with Crippen LogP contribution < -0.4 is 5.32 Å². The summed E-state index contributed by atoms with van der Waals surface area (Å²) >= 11 is 7.16. The summed E-state index contributed by atoms with van der Waals surface area (Å²) in [6.45, 7) is 3.99. The van der Waals surface area contributed by atoms with Crippen LogP contribution in [0.2, 0.25) is 0 Å². The highest BCUT2D eigenvalue weighted by Crippen LogP contribution is 2.32. The molecule has 2 rings (SSSR count). The lowest BCUT2D eigenvalue weighted by Crippen LogP contribution is -2.06. The summed E-state index contributed by atoms with van der Waals surface area (Å²) in [6, 6.07) is 4.23. The number of aryl methyl sites for hydroxylation is 2. The van der Waals surface area contributed by atoms with Crippen LogP contribution in [0.4, 0.5) is 5.69 Å². The minimum atomic E-state index is 0.929. The number of imidazole rings is 1. The molecule has 0 saturated heterocycles. The first-order chi connectivity index (χ1) is 8.66. The van der Waals surface area contributed by atoms with Crippen molar-refractivity contribution in [3.8, 4) is 0 Å². The lowest BCUT2D eigenvalue weighted by Gasteiger charge is -2.12. The Labute approximate surface area is 124 Å². The van der Waals surface area contributed by atoms with Gasteiger partial charge in [-0.25, -0.2) is 4.98 Å². The molecule has 2 aromatic rings. The third kappa shape index (κ3) is 3.59. The summed E-state index contributed by atoms with van der Waals surface area (Å²) in [4.78, 5) is 4.02. The highest BCUT2D eigenvalue weighted by Gasteiger charge is 2.05. The second-order valence-electron chi connectivity index (χ2n) is 4.18. The van der Waals surface area contributed by atoms with Crippen molar-refractivity contribution in [3.63, 3.8) is 0 Å². The molecule has 0 aliphatic carbocycles. The Morgan fingerprint density at radius 3 is 2.61 bits per heavy atom. The smallest absolute Gasteiger partial charge is 0.0945 e. The van der Waals surface area contributed by atoms with E-state index < -0.39 is 0 Å². The third-order valence-electron chi connectivity index (χ3n) is 2.64. The predicted octanol–water partition coefficient (Wildman–Crippen LogP) is 4.22. The maximum Gasteiger partial charge on any atom is 0.0945 e. The molecule has 96 valence electrons. The minimum absolute atomic E-state index is 0.929. The van der Waals surface area contributed by atoms with Crippen molar-refractivity contribution in [2.45, 2.75) is 19.9 Å². The van der Waals surface area contributed by atoms with E-state index in [-0.39, 0.29) is 0 Å². The van der Waals surface area contributed by atoms with Gasteiger partial charge in [0, 0.05) is 34.4 Å². The van der Waals surface area contributed by atoms with Gasteiger partial charge in [0.2, 0.25) is 0 Å². The van der Waals surface area contributed by atoms with Gasteiger partial charge in [0.1, 0.15) is 0 Å². The fraction of sp³-hybridized carbons (Fsp3) is 0.308. The normalized spacial score (nSPS) is 10.6. The Morgan fingerprint density at radius 1 is 1.28 bits per heavy atom. The van der Waals surface area contributed by atoms with Crippen LogP contribution in [0.25, 0.3) is 0 Å². The van der Waals surface area contributed by atoms with E-state index in [2.05, 4.69) is 65.8 Å². The zero-order valence-corrected chi connectivity index (χ0v) is 13.3. The molecule has 0 radical (unpaired) electrons. The third-order valence-corrected chi connectivity index (χ3v) is 3.89. The molecule has 0 saturated carbocycles. The lowest BCUT2D eigenvalue weighted by molar-refractivity contribution is 0.660. The van der Waals surface area contributed by atoms with Gasteiger partial charge in [-0.05, 0) is 62.9 Å². The van der Waals surface area contributed by atoms with E-state index in [1.165, 1.54) is 5.56 Å². The summed E-state index contributed by atoms with van der Waals surface area (Å²) in [6.07, 6.45) is 6.69. The molecular formula is C13H15Br2N3. The van der Waals surface area contributed by atoms with E-state index in [1.807, 2.05) is 12.5 Å². The number of benzene rings is 1. The molecule has 3 nitrogen and oxygen atoms in total. The number of nitrogens with one attached hydrogen (secondary N) is 1. The molecule has 0 spiro atoms. The Morgan fingerprint density at radius 2 is 2.00 bits per heavy atom. The number of halogens is 2. The van der Waals surface area contributed by atoms with Gasteiger partial charge in [0.05, 0.1) is 12.0 Å². The fourth-order valence-corrected chi connectivity index (χ4v) is 3.46. The zero-order valence-electron chi connectivity index (χ0n) is 10.2. The standard InChI is InChI=1S/C13H15Br2N3/c1-10-7-11(14)13(12(15)8-10)17-3-2-5-18-6-4-16-9-18/h4,6-9,17H,2-3,5H2,1H3. The average Bonchev–Trinajstić information content (AvgIpc) is 2.79. The Balaban J connectivity index is 1.87. The van der Waals surface area contributed by atoms with Crippen molar-refractivity contribution in [1.29, 1.82) is 0 Å². The second-order valence-corrected chi connectivity index (χ2v) is 5.89. The number of hydrogen-bond donors (Lipinski definition) is 1. The SMILES string of the molecule is Cc1cc(Br)c(NCCCn2ccnc2)c(Br)c1. The van der Waals surface area contributed by atoms with Crippen LogP contribution in [-0.2, 0) is 6.54 Å². The van der Waals surface area contributed by atoms with Crippen LogP contribution >= 0.6 is 31.9 Å². The quantitative estimate of drug-likeness (QED) is 0.796. The topological polar surface area (TPSA) is 29.9 Å². The molecule has 1 aromatic carbocycles. The van der Waals surface area contributed by atoms with Crippen LogP contribution in [0.5, 0.6) is 0 Å². The van der Waals surface area contributed by atoms with Gasteiger partial charge in [-0.15, -0.1) is 0 Å². The number of aromatic nitrogens is 2. The van der Waals surface area contributed by atoms with Gasteiger partial charge in [-0.1, -0.05) is 0 Å². The Hall–Kier alpha value is -0.810. The van der Waals surface area contributed by atoms with E-state index in [0.717, 1.165) is 34.1 Å². The van der Waals surface area contributed by atoms with Crippen molar-refractivity contribution < 1.29 is 0 Å². The van der Waals surface area contributed by atoms with Crippen molar-refractivity contribution >= 4 is 37.5 Å². The number of rotatable bonds is 5. The van der Waals surface area contributed by atoms with Crippen molar-refractivity contribution in [3.05, 3.63) is 45.4 Å². The van der Waals surface area contributed by atoms with Crippen LogP contribution in [0.15, 0.2) is 39.8 Å². The Bertz CT molecular complexity index is 486. The molecule has 0 unspecified atom stereocenters. The molecule has 1 heterocycles. The van der Waals surface area contributed by atoms with Crippen LogP contribution in [0, 0.1) is 6.92 Å². The second kappa shape index (κ2) is 6.38. The Kier molecular flexibility index (Phi) is 4.83. The number of nitrogens with zero attached hydrogens (tertiary/aromatic N) is 2. The van der Waals surface area contributed by atoms with E-state index in [1.54, 1.807) is 6.20 Å². The maximum absolute atomic E-state index is 4.02. The first kappa shape index (κ1) is 13.6. The first-order valence-corrected chi connectivity index (χ1v) is 7.40. The van der Waals surface area contributed by atoms with Crippen molar-refractivity contribution in [1.82, 2.24) is 9.55 Å².